The normalized spacial score (nSPS) is 15.9. The highest BCUT2D eigenvalue weighted by Crippen LogP contribution is 2.33. The molecule has 0 aliphatic carbocycles. The minimum atomic E-state index is -0.00820. The lowest BCUT2D eigenvalue weighted by Gasteiger charge is -2.29. The van der Waals surface area contributed by atoms with E-state index in [1.807, 2.05) is 41.3 Å². The van der Waals surface area contributed by atoms with Crippen LogP contribution < -0.4 is 14.8 Å². The van der Waals surface area contributed by atoms with E-state index < -0.39 is 0 Å². The summed E-state index contributed by atoms with van der Waals surface area (Å²) in [5.41, 5.74) is 4.10. The quantitative estimate of drug-likeness (QED) is 0.721. The number of amides is 2. The summed E-state index contributed by atoms with van der Waals surface area (Å²) in [4.78, 5) is 29.0. The van der Waals surface area contributed by atoms with Crippen LogP contribution in [-0.2, 0) is 24.3 Å². The van der Waals surface area contributed by atoms with Gasteiger partial charge in [0.15, 0.2) is 11.5 Å². The first-order valence-electron chi connectivity index (χ1n) is 11.2. The van der Waals surface area contributed by atoms with Crippen LogP contribution in [0.4, 0.5) is 0 Å². The van der Waals surface area contributed by atoms with Gasteiger partial charge in [-0.25, -0.2) is 0 Å². The summed E-state index contributed by atoms with van der Waals surface area (Å²) in [5.74, 6) is 1.54. The molecule has 0 radical (unpaired) electrons. The maximum atomic E-state index is 12.5. The van der Waals surface area contributed by atoms with E-state index >= 15 is 0 Å². The molecule has 2 aromatic rings. The van der Waals surface area contributed by atoms with Gasteiger partial charge in [0.2, 0.25) is 5.91 Å². The predicted octanol–water partition coefficient (Wildman–Crippen LogP) is 2.61. The molecule has 4 rings (SSSR count). The Bertz CT molecular complexity index is 968. The van der Waals surface area contributed by atoms with Crippen LogP contribution in [0.3, 0.4) is 0 Å². The van der Waals surface area contributed by atoms with E-state index in [1.165, 1.54) is 11.1 Å². The van der Waals surface area contributed by atoms with Crippen molar-refractivity contribution in [1.29, 1.82) is 0 Å². The number of hydrogen-bond acceptors (Lipinski definition) is 5. The molecule has 2 aliphatic rings. The Balaban J connectivity index is 1.28. The molecule has 170 valence electrons. The molecule has 1 N–H and O–H groups in total. The number of methoxy groups -OCH3 is 2. The molecular weight excluding hydrogens is 406 g/mol. The van der Waals surface area contributed by atoms with Crippen LogP contribution in [0.25, 0.3) is 0 Å². The van der Waals surface area contributed by atoms with Crippen LogP contribution in [-0.4, -0.2) is 62.0 Å². The van der Waals surface area contributed by atoms with E-state index in [0.717, 1.165) is 50.2 Å². The van der Waals surface area contributed by atoms with Crippen LogP contribution in [0.2, 0.25) is 0 Å². The number of hydrogen-bond donors (Lipinski definition) is 1. The Morgan fingerprint density at radius 2 is 1.59 bits per heavy atom. The Kier molecular flexibility index (Phi) is 6.95. The number of likely N-dealkylation sites (tertiary alicyclic amines) is 1. The summed E-state index contributed by atoms with van der Waals surface area (Å²) in [7, 11) is 3.27. The molecule has 2 amide bonds. The fourth-order valence-electron chi connectivity index (χ4n) is 4.40. The maximum absolute atomic E-state index is 12.5. The number of carbonyl (C=O) groups is 2. The molecule has 0 saturated carbocycles. The summed E-state index contributed by atoms with van der Waals surface area (Å²) in [5, 5.41) is 2.99. The number of rotatable bonds is 7. The third kappa shape index (κ3) is 5.05. The Morgan fingerprint density at radius 1 is 0.938 bits per heavy atom. The average Bonchev–Trinajstić information content (AvgIpc) is 3.36. The molecule has 0 atom stereocenters. The zero-order valence-electron chi connectivity index (χ0n) is 18.9. The molecule has 1 saturated heterocycles. The van der Waals surface area contributed by atoms with Crippen LogP contribution >= 0.6 is 0 Å². The summed E-state index contributed by atoms with van der Waals surface area (Å²) in [6.45, 7) is 4.02. The van der Waals surface area contributed by atoms with E-state index in [4.69, 9.17) is 9.47 Å². The summed E-state index contributed by atoms with van der Waals surface area (Å²) >= 11 is 0. The van der Waals surface area contributed by atoms with Crippen LogP contribution in [0.5, 0.6) is 11.5 Å². The predicted molar refractivity (Wildman–Crippen MR) is 122 cm³/mol. The van der Waals surface area contributed by atoms with Crippen molar-refractivity contribution in [3.8, 4) is 11.5 Å². The number of ether oxygens (including phenoxy) is 2. The smallest absolute Gasteiger partial charge is 0.253 e. The Morgan fingerprint density at radius 3 is 2.25 bits per heavy atom. The molecule has 0 bridgehead atoms. The molecule has 0 unspecified atom stereocenters. The molecule has 0 spiro atoms. The topological polar surface area (TPSA) is 71.1 Å². The lowest BCUT2D eigenvalue weighted by Crippen LogP contribution is -2.39. The van der Waals surface area contributed by atoms with Crippen LogP contribution in [0, 0.1) is 0 Å². The first kappa shape index (κ1) is 22.1. The van der Waals surface area contributed by atoms with Crippen molar-refractivity contribution < 1.29 is 19.1 Å². The van der Waals surface area contributed by atoms with Crippen molar-refractivity contribution in [1.82, 2.24) is 15.1 Å². The minimum Gasteiger partial charge on any atom is -0.493 e. The van der Waals surface area contributed by atoms with E-state index in [2.05, 4.69) is 10.2 Å². The summed E-state index contributed by atoms with van der Waals surface area (Å²) in [6, 6.07) is 11.6. The number of benzene rings is 2. The second kappa shape index (κ2) is 10.0. The Hall–Kier alpha value is -3.06. The lowest BCUT2D eigenvalue weighted by molar-refractivity contribution is -0.122. The molecule has 32 heavy (non-hydrogen) atoms. The van der Waals surface area contributed by atoms with Crippen molar-refractivity contribution in [2.45, 2.75) is 32.4 Å². The van der Waals surface area contributed by atoms with Crippen molar-refractivity contribution in [2.24, 2.45) is 0 Å². The molecule has 2 aromatic carbocycles. The van der Waals surface area contributed by atoms with Gasteiger partial charge in [0.1, 0.15) is 0 Å². The molecular formula is C25H31N3O4. The molecule has 7 heteroatoms. The summed E-state index contributed by atoms with van der Waals surface area (Å²) in [6.07, 6.45) is 3.04. The van der Waals surface area contributed by atoms with Crippen molar-refractivity contribution in [3.05, 3.63) is 58.7 Å². The molecule has 2 heterocycles. The van der Waals surface area contributed by atoms with Gasteiger partial charge < -0.3 is 19.7 Å². The second-order valence-corrected chi connectivity index (χ2v) is 8.41. The fraction of sp³-hybridized carbons (Fsp3) is 0.440. The second-order valence-electron chi connectivity index (χ2n) is 8.41. The number of carbonyl (C=O) groups excluding carboxylic acids is 2. The van der Waals surface area contributed by atoms with Gasteiger partial charge in [-0.15, -0.1) is 0 Å². The van der Waals surface area contributed by atoms with Gasteiger partial charge >= 0.3 is 0 Å². The van der Waals surface area contributed by atoms with Gasteiger partial charge in [0.05, 0.1) is 20.8 Å². The number of nitrogens with zero attached hydrogens (tertiary/aromatic N) is 2. The molecule has 0 aromatic heterocycles. The number of fused-ring (bicyclic) bond motifs is 1. The zero-order chi connectivity index (χ0) is 22.5. The Labute approximate surface area is 189 Å². The molecule has 7 nitrogen and oxygen atoms in total. The van der Waals surface area contributed by atoms with Crippen molar-refractivity contribution >= 4 is 11.8 Å². The zero-order valence-corrected chi connectivity index (χ0v) is 18.9. The van der Waals surface area contributed by atoms with Gasteiger partial charge in [-0.3, -0.25) is 14.5 Å². The highest BCUT2D eigenvalue weighted by Gasteiger charge is 2.21. The fourth-order valence-corrected chi connectivity index (χ4v) is 4.40. The average molecular weight is 438 g/mol. The van der Waals surface area contributed by atoms with Gasteiger partial charge in [-0.1, -0.05) is 12.1 Å². The van der Waals surface area contributed by atoms with Crippen LogP contribution in [0.15, 0.2) is 36.4 Å². The van der Waals surface area contributed by atoms with Gasteiger partial charge in [0, 0.05) is 38.3 Å². The SMILES string of the molecule is COc1cc2c(cc1OC)CN(CC(=O)NCc1ccc(C(=O)N3CCCC3)cc1)CC2. The van der Waals surface area contributed by atoms with Crippen molar-refractivity contribution in [2.75, 3.05) is 40.4 Å². The van der Waals surface area contributed by atoms with E-state index in [9.17, 15) is 9.59 Å². The third-order valence-corrected chi connectivity index (χ3v) is 6.25. The maximum Gasteiger partial charge on any atom is 0.253 e. The monoisotopic (exact) mass is 437 g/mol. The molecule has 2 aliphatic heterocycles. The number of nitrogens with one attached hydrogen (secondary N) is 1. The van der Waals surface area contributed by atoms with Gasteiger partial charge in [-0.2, -0.15) is 0 Å². The highest BCUT2D eigenvalue weighted by molar-refractivity contribution is 5.94. The highest BCUT2D eigenvalue weighted by atomic mass is 16.5. The van der Waals surface area contributed by atoms with Gasteiger partial charge in [0.25, 0.3) is 5.91 Å². The van der Waals surface area contributed by atoms with E-state index in [1.54, 1.807) is 14.2 Å². The van der Waals surface area contributed by atoms with E-state index in [-0.39, 0.29) is 11.8 Å². The van der Waals surface area contributed by atoms with Crippen LogP contribution in [0.1, 0.15) is 39.9 Å². The van der Waals surface area contributed by atoms with E-state index in [0.29, 0.717) is 30.9 Å². The molecule has 1 fully saturated rings. The first-order valence-corrected chi connectivity index (χ1v) is 11.2. The van der Waals surface area contributed by atoms with Crippen molar-refractivity contribution in [3.63, 3.8) is 0 Å². The largest absolute Gasteiger partial charge is 0.493 e. The first-order chi connectivity index (χ1) is 15.6. The standard InChI is InChI=1S/C25H31N3O4/c1-31-22-13-20-9-12-27(16-21(20)14-23(22)32-2)17-24(29)26-15-18-5-7-19(8-6-18)25(30)28-10-3-4-11-28/h5-8,13-14H,3-4,9-12,15-17H2,1-2H3,(H,26,29). The lowest BCUT2D eigenvalue weighted by atomic mass is 9.99. The minimum absolute atomic E-state index is 0.00820. The summed E-state index contributed by atoms with van der Waals surface area (Å²) < 4.78 is 10.8. The third-order valence-electron chi connectivity index (χ3n) is 6.25. The van der Waals surface area contributed by atoms with Gasteiger partial charge in [-0.05, 0) is 60.2 Å².